The van der Waals surface area contributed by atoms with E-state index in [1.165, 1.54) is 0 Å². The van der Waals surface area contributed by atoms with Gasteiger partial charge in [0, 0.05) is 13.0 Å². The molecule has 0 radical (unpaired) electrons. The zero-order valence-electron chi connectivity index (χ0n) is 7.95. The number of ether oxygens (including phenoxy) is 3. The fourth-order valence-electron chi connectivity index (χ4n) is 2.20. The highest BCUT2D eigenvalue weighted by atomic mass is 16.6. The van der Waals surface area contributed by atoms with E-state index in [0.717, 1.165) is 0 Å². The third-order valence-electron chi connectivity index (χ3n) is 2.94. The van der Waals surface area contributed by atoms with Crippen LogP contribution in [0.5, 0.6) is 0 Å². The van der Waals surface area contributed by atoms with E-state index in [2.05, 4.69) is 12.8 Å². The lowest BCUT2D eigenvalue weighted by molar-refractivity contribution is -0.0510. The fourth-order valence-corrected chi connectivity index (χ4v) is 2.20. The molecular weight excluding hydrogens is 168 g/mol. The molecule has 2 saturated heterocycles. The summed E-state index contributed by atoms with van der Waals surface area (Å²) in [7, 11) is 1.64. The molecular formula is C10H14O3. The third kappa shape index (κ3) is 1.03. The van der Waals surface area contributed by atoms with Crippen molar-refractivity contribution in [3.63, 3.8) is 0 Å². The molecule has 0 aromatic carbocycles. The van der Waals surface area contributed by atoms with Gasteiger partial charge in [0.25, 0.3) is 0 Å². The molecule has 3 heteroatoms. The Morgan fingerprint density at radius 3 is 2.92 bits per heavy atom. The van der Waals surface area contributed by atoms with E-state index in [1.807, 2.05) is 0 Å². The average molecular weight is 182 g/mol. The van der Waals surface area contributed by atoms with E-state index in [-0.39, 0.29) is 12.2 Å². The number of hydrogen-bond acceptors (Lipinski definition) is 3. The van der Waals surface area contributed by atoms with Gasteiger partial charge in [-0.1, -0.05) is 12.8 Å². The Balaban J connectivity index is 2.29. The van der Waals surface area contributed by atoms with Gasteiger partial charge in [0.1, 0.15) is 12.2 Å². The molecule has 0 amide bonds. The Hall–Kier alpha value is -0.560. The van der Waals surface area contributed by atoms with Gasteiger partial charge in [-0.25, -0.2) is 0 Å². The summed E-state index contributed by atoms with van der Waals surface area (Å²) in [6, 6.07) is 0. The second kappa shape index (κ2) is 2.98. The highest BCUT2D eigenvalue weighted by molar-refractivity contribution is 5.23. The first-order valence-electron chi connectivity index (χ1n) is 4.50. The molecule has 0 bridgehead atoms. The van der Waals surface area contributed by atoms with Crippen LogP contribution in [0.4, 0.5) is 0 Å². The maximum absolute atomic E-state index is 5.64. The normalized spacial score (nSPS) is 48.8. The highest BCUT2D eigenvalue weighted by Crippen LogP contribution is 2.41. The highest BCUT2D eigenvalue weighted by Gasteiger charge is 2.58. The summed E-state index contributed by atoms with van der Waals surface area (Å²) in [5.41, 5.74) is -0.631. The lowest BCUT2D eigenvalue weighted by Crippen LogP contribution is -2.45. The summed E-state index contributed by atoms with van der Waals surface area (Å²) in [5.74, 6) is 3.06. The number of rotatable bonds is 1. The molecule has 72 valence electrons. The topological polar surface area (TPSA) is 27.7 Å². The van der Waals surface area contributed by atoms with Crippen molar-refractivity contribution in [1.82, 2.24) is 0 Å². The van der Waals surface area contributed by atoms with Gasteiger partial charge in [0.15, 0.2) is 5.60 Å². The van der Waals surface area contributed by atoms with Gasteiger partial charge in [0.2, 0.25) is 0 Å². The van der Waals surface area contributed by atoms with Gasteiger partial charge in [-0.15, -0.1) is 6.42 Å². The molecule has 0 aromatic heterocycles. The molecule has 4 atom stereocenters. The van der Waals surface area contributed by atoms with Crippen molar-refractivity contribution in [2.75, 3.05) is 20.3 Å². The third-order valence-corrected chi connectivity index (χ3v) is 2.94. The lowest BCUT2D eigenvalue weighted by Gasteiger charge is -2.26. The summed E-state index contributed by atoms with van der Waals surface area (Å²) in [4.78, 5) is 0. The Labute approximate surface area is 78.4 Å². The minimum atomic E-state index is -0.631. The number of fused-ring (bicyclic) bond motifs is 1. The van der Waals surface area contributed by atoms with Crippen molar-refractivity contribution < 1.29 is 14.2 Å². The summed E-state index contributed by atoms with van der Waals surface area (Å²) in [6.45, 7) is 3.28. The molecule has 0 unspecified atom stereocenters. The van der Waals surface area contributed by atoms with E-state index < -0.39 is 5.60 Å². The quantitative estimate of drug-likeness (QED) is 0.551. The zero-order valence-corrected chi connectivity index (χ0v) is 7.95. The molecule has 2 heterocycles. The summed E-state index contributed by atoms with van der Waals surface area (Å²) in [5, 5.41) is 0. The van der Waals surface area contributed by atoms with Crippen LogP contribution in [0.2, 0.25) is 0 Å². The number of methoxy groups -OCH3 is 1. The average Bonchev–Trinajstić information content (AvgIpc) is 2.65. The maximum Gasteiger partial charge on any atom is 0.182 e. The van der Waals surface area contributed by atoms with Crippen molar-refractivity contribution >= 4 is 0 Å². The Bertz CT molecular complexity index is 245. The predicted molar refractivity (Wildman–Crippen MR) is 47.2 cm³/mol. The van der Waals surface area contributed by atoms with Crippen molar-refractivity contribution in [2.24, 2.45) is 5.92 Å². The van der Waals surface area contributed by atoms with Crippen LogP contribution >= 0.6 is 0 Å². The Morgan fingerprint density at radius 2 is 2.31 bits per heavy atom. The van der Waals surface area contributed by atoms with Crippen LogP contribution in [0, 0.1) is 18.3 Å². The summed E-state index contributed by atoms with van der Waals surface area (Å²) in [6.07, 6.45) is 5.39. The molecule has 3 nitrogen and oxygen atoms in total. The van der Waals surface area contributed by atoms with Crippen molar-refractivity contribution in [2.45, 2.75) is 24.7 Å². The van der Waals surface area contributed by atoms with Gasteiger partial charge in [-0.3, -0.25) is 0 Å². The van der Waals surface area contributed by atoms with E-state index >= 15 is 0 Å². The first-order chi connectivity index (χ1) is 6.24. The lowest BCUT2D eigenvalue weighted by atomic mass is 9.90. The predicted octanol–water partition coefficient (Wildman–Crippen LogP) is 0.438. The molecule has 0 N–H and O–H groups in total. The second-order valence-corrected chi connectivity index (χ2v) is 3.70. The SMILES string of the molecule is C#C[C@]12OC[C@@H](C)[C@H]1OC[C@@H]2OC. The molecule has 0 aromatic rings. The molecule has 13 heavy (non-hydrogen) atoms. The van der Waals surface area contributed by atoms with Crippen LogP contribution < -0.4 is 0 Å². The minimum absolute atomic E-state index is 0.00227. The van der Waals surface area contributed by atoms with Gasteiger partial charge in [0.05, 0.1) is 13.2 Å². The van der Waals surface area contributed by atoms with Crippen molar-refractivity contribution in [3.8, 4) is 12.3 Å². The first-order valence-corrected chi connectivity index (χ1v) is 4.50. The van der Waals surface area contributed by atoms with E-state index in [4.69, 9.17) is 20.6 Å². The van der Waals surface area contributed by atoms with Crippen LogP contribution in [0.25, 0.3) is 0 Å². The van der Waals surface area contributed by atoms with E-state index in [9.17, 15) is 0 Å². The van der Waals surface area contributed by atoms with E-state index in [0.29, 0.717) is 19.1 Å². The smallest absolute Gasteiger partial charge is 0.182 e. The largest absolute Gasteiger partial charge is 0.375 e. The molecule has 0 saturated carbocycles. The van der Waals surface area contributed by atoms with E-state index in [1.54, 1.807) is 7.11 Å². The van der Waals surface area contributed by atoms with Gasteiger partial charge in [-0.05, 0) is 0 Å². The number of terminal acetylenes is 1. The maximum atomic E-state index is 5.64. The minimum Gasteiger partial charge on any atom is -0.375 e. The number of hydrogen-bond donors (Lipinski definition) is 0. The first kappa shape index (κ1) is 9.01. The molecule has 2 aliphatic rings. The second-order valence-electron chi connectivity index (χ2n) is 3.70. The fraction of sp³-hybridized carbons (Fsp3) is 0.800. The van der Waals surface area contributed by atoms with Crippen LogP contribution in [0.15, 0.2) is 0 Å². The monoisotopic (exact) mass is 182 g/mol. The van der Waals surface area contributed by atoms with Crippen LogP contribution in [-0.2, 0) is 14.2 Å². The van der Waals surface area contributed by atoms with Crippen LogP contribution in [0.1, 0.15) is 6.92 Å². The molecule has 2 aliphatic heterocycles. The van der Waals surface area contributed by atoms with Crippen LogP contribution in [0.3, 0.4) is 0 Å². The molecule has 2 rings (SSSR count). The van der Waals surface area contributed by atoms with Crippen LogP contribution in [-0.4, -0.2) is 38.1 Å². The Morgan fingerprint density at radius 1 is 1.54 bits per heavy atom. The zero-order chi connectivity index (χ0) is 9.47. The summed E-state index contributed by atoms with van der Waals surface area (Å²) >= 11 is 0. The molecule has 2 fully saturated rings. The van der Waals surface area contributed by atoms with Gasteiger partial charge >= 0.3 is 0 Å². The molecule has 0 spiro atoms. The standard InChI is InChI=1S/C10H14O3/c1-4-10-8(11-3)6-12-9(10)7(2)5-13-10/h1,7-9H,5-6H2,2-3H3/t7-,8+,9-,10-/m1/s1. The summed E-state index contributed by atoms with van der Waals surface area (Å²) < 4.78 is 16.5. The van der Waals surface area contributed by atoms with Gasteiger partial charge in [-0.2, -0.15) is 0 Å². The van der Waals surface area contributed by atoms with Gasteiger partial charge < -0.3 is 14.2 Å². The van der Waals surface area contributed by atoms with Crippen molar-refractivity contribution in [1.29, 1.82) is 0 Å². The molecule has 0 aliphatic carbocycles. The Kier molecular flexibility index (Phi) is 2.07. The van der Waals surface area contributed by atoms with Crippen molar-refractivity contribution in [3.05, 3.63) is 0 Å².